The Hall–Kier alpha value is -3.64. The van der Waals surface area contributed by atoms with Crippen LogP contribution in [0.15, 0.2) is 84.9 Å². The zero-order chi connectivity index (χ0) is 21.7. The number of nitrogens with zero attached hydrogens (tertiary/aromatic N) is 2. The maximum Gasteiger partial charge on any atom is 0.269 e. The Kier molecular flexibility index (Phi) is 6.00. The lowest BCUT2D eigenvalue weighted by molar-refractivity contribution is -0.143. The number of benzene rings is 3. The maximum atomic E-state index is 12.6. The highest BCUT2D eigenvalue weighted by Gasteiger charge is 2.29. The largest absolute Gasteiger partial charge is 0.359 e. The van der Waals surface area contributed by atoms with Crippen LogP contribution in [0.2, 0.25) is 0 Å². The summed E-state index contributed by atoms with van der Waals surface area (Å²) in [5.41, 5.74) is 8.41. The van der Waals surface area contributed by atoms with Gasteiger partial charge in [-0.3, -0.25) is 20.3 Å². The standard InChI is InChI=1S/C25H26N4O2/c1-25(2,24(30)27-26-20-13-7-4-8-14-20)31-18-22-21-15-9-10-16-23(21)29(28-22)17-19-11-5-3-6-12-19/h3-16,26H,17-18H2,1-2H3,(H,27,30). The minimum Gasteiger partial charge on any atom is -0.359 e. The fraction of sp³-hybridized carbons (Fsp3) is 0.200. The monoisotopic (exact) mass is 414 g/mol. The van der Waals surface area contributed by atoms with E-state index in [2.05, 4.69) is 29.1 Å². The van der Waals surface area contributed by atoms with Crippen molar-refractivity contribution < 1.29 is 9.53 Å². The summed E-state index contributed by atoms with van der Waals surface area (Å²) in [5.74, 6) is -0.260. The van der Waals surface area contributed by atoms with Crippen molar-refractivity contribution >= 4 is 22.5 Å². The van der Waals surface area contributed by atoms with E-state index >= 15 is 0 Å². The highest BCUT2D eigenvalue weighted by atomic mass is 16.5. The first-order valence-electron chi connectivity index (χ1n) is 10.3. The quantitative estimate of drug-likeness (QED) is 0.416. The summed E-state index contributed by atoms with van der Waals surface area (Å²) in [6, 6.07) is 27.8. The third kappa shape index (κ3) is 4.92. The molecular weight excluding hydrogens is 388 g/mol. The summed E-state index contributed by atoms with van der Waals surface area (Å²) in [6.45, 7) is 4.40. The molecule has 2 N–H and O–H groups in total. The minimum absolute atomic E-state index is 0.230. The van der Waals surface area contributed by atoms with Crippen LogP contribution in [0.3, 0.4) is 0 Å². The lowest BCUT2D eigenvalue weighted by atomic mass is 10.1. The summed E-state index contributed by atoms with van der Waals surface area (Å²) in [5, 5.41) is 5.81. The second-order valence-electron chi connectivity index (χ2n) is 7.85. The van der Waals surface area contributed by atoms with E-state index in [1.54, 1.807) is 13.8 Å². The van der Waals surface area contributed by atoms with E-state index < -0.39 is 5.60 Å². The first kappa shape index (κ1) is 20.6. The third-order valence-electron chi connectivity index (χ3n) is 5.12. The maximum absolute atomic E-state index is 12.6. The number of carbonyl (C=O) groups is 1. The average Bonchev–Trinajstić information content (AvgIpc) is 3.15. The molecule has 0 bridgehead atoms. The number of nitrogens with one attached hydrogen (secondary N) is 2. The number of para-hydroxylation sites is 2. The van der Waals surface area contributed by atoms with Crippen LogP contribution in [0.25, 0.3) is 10.9 Å². The average molecular weight is 415 g/mol. The van der Waals surface area contributed by atoms with Gasteiger partial charge >= 0.3 is 0 Å². The predicted molar refractivity (Wildman–Crippen MR) is 122 cm³/mol. The number of amides is 1. The summed E-state index contributed by atoms with van der Waals surface area (Å²) >= 11 is 0. The van der Waals surface area contributed by atoms with Gasteiger partial charge in [0.25, 0.3) is 5.91 Å². The Morgan fingerprint density at radius 3 is 2.32 bits per heavy atom. The molecule has 0 saturated carbocycles. The fourth-order valence-electron chi connectivity index (χ4n) is 3.29. The van der Waals surface area contributed by atoms with Crippen LogP contribution in [-0.2, 0) is 22.7 Å². The number of fused-ring (bicyclic) bond motifs is 1. The van der Waals surface area contributed by atoms with Gasteiger partial charge in [-0.15, -0.1) is 0 Å². The molecule has 0 saturated heterocycles. The smallest absolute Gasteiger partial charge is 0.269 e. The van der Waals surface area contributed by atoms with Crippen LogP contribution >= 0.6 is 0 Å². The number of hydrazine groups is 1. The lowest BCUT2D eigenvalue weighted by Crippen LogP contribution is -2.46. The van der Waals surface area contributed by atoms with E-state index in [9.17, 15) is 4.79 Å². The second-order valence-corrected chi connectivity index (χ2v) is 7.85. The molecule has 0 unspecified atom stereocenters. The van der Waals surface area contributed by atoms with E-state index in [0.717, 1.165) is 22.3 Å². The lowest BCUT2D eigenvalue weighted by Gasteiger charge is -2.24. The molecule has 4 rings (SSSR count). The van der Waals surface area contributed by atoms with Gasteiger partial charge < -0.3 is 4.74 Å². The number of anilines is 1. The number of aromatic nitrogens is 2. The molecule has 0 fully saturated rings. The van der Waals surface area contributed by atoms with E-state index in [1.165, 1.54) is 5.56 Å². The van der Waals surface area contributed by atoms with E-state index in [-0.39, 0.29) is 12.5 Å². The topological polar surface area (TPSA) is 68.2 Å². The Morgan fingerprint density at radius 1 is 0.935 bits per heavy atom. The molecular formula is C25H26N4O2. The molecule has 31 heavy (non-hydrogen) atoms. The molecule has 1 amide bonds. The molecule has 1 aromatic heterocycles. The third-order valence-corrected chi connectivity index (χ3v) is 5.12. The fourth-order valence-corrected chi connectivity index (χ4v) is 3.29. The van der Waals surface area contributed by atoms with Crippen molar-refractivity contribution in [1.82, 2.24) is 15.2 Å². The molecule has 0 radical (unpaired) electrons. The van der Waals surface area contributed by atoms with Crippen LogP contribution in [0, 0.1) is 0 Å². The van der Waals surface area contributed by atoms with Crippen molar-refractivity contribution in [2.75, 3.05) is 5.43 Å². The summed E-state index contributed by atoms with van der Waals surface area (Å²) in [4.78, 5) is 12.6. The molecule has 6 nitrogen and oxygen atoms in total. The highest BCUT2D eigenvalue weighted by molar-refractivity contribution is 5.85. The van der Waals surface area contributed by atoms with E-state index in [0.29, 0.717) is 6.54 Å². The molecule has 0 aliphatic carbocycles. The van der Waals surface area contributed by atoms with Gasteiger partial charge in [0.15, 0.2) is 0 Å². The van der Waals surface area contributed by atoms with Crippen LogP contribution in [-0.4, -0.2) is 21.3 Å². The molecule has 0 atom stereocenters. The summed E-state index contributed by atoms with van der Waals surface area (Å²) < 4.78 is 7.99. The molecule has 0 aliphatic heterocycles. The van der Waals surface area contributed by atoms with Gasteiger partial charge in [0, 0.05) is 5.39 Å². The van der Waals surface area contributed by atoms with Crippen molar-refractivity contribution in [3.63, 3.8) is 0 Å². The molecule has 158 valence electrons. The number of ether oxygens (including phenoxy) is 1. The minimum atomic E-state index is -1.04. The van der Waals surface area contributed by atoms with E-state index in [1.807, 2.05) is 71.4 Å². The Morgan fingerprint density at radius 2 is 1.58 bits per heavy atom. The van der Waals surface area contributed by atoms with Crippen LogP contribution in [0.5, 0.6) is 0 Å². The molecule has 3 aromatic carbocycles. The van der Waals surface area contributed by atoms with Gasteiger partial charge in [0.05, 0.1) is 30.0 Å². The normalized spacial score (nSPS) is 11.4. The van der Waals surface area contributed by atoms with E-state index in [4.69, 9.17) is 9.84 Å². The molecule has 4 aromatic rings. The first-order valence-corrected chi connectivity index (χ1v) is 10.3. The second kappa shape index (κ2) is 9.02. The van der Waals surface area contributed by atoms with Crippen molar-refractivity contribution in [2.45, 2.75) is 32.6 Å². The number of hydrogen-bond acceptors (Lipinski definition) is 4. The highest BCUT2D eigenvalue weighted by Crippen LogP contribution is 2.22. The van der Waals surface area contributed by atoms with Crippen LogP contribution in [0.4, 0.5) is 5.69 Å². The Bertz CT molecular complexity index is 1150. The molecule has 1 heterocycles. The van der Waals surface area contributed by atoms with Crippen LogP contribution in [0.1, 0.15) is 25.1 Å². The van der Waals surface area contributed by atoms with Gasteiger partial charge in [0.2, 0.25) is 0 Å². The van der Waals surface area contributed by atoms with Gasteiger partial charge in [-0.25, -0.2) is 0 Å². The van der Waals surface area contributed by atoms with Crippen molar-refractivity contribution in [2.24, 2.45) is 0 Å². The summed E-state index contributed by atoms with van der Waals surface area (Å²) in [7, 11) is 0. The molecule has 0 aliphatic rings. The number of hydrogen-bond donors (Lipinski definition) is 2. The summed E-state index contributed by atoms with van der Waals surface area (Å²) in [6.07, 6.45) is 0. The molecule has 0 spiro atoms. The van der Waals surface area contributed by atoms with Gasteiger partial charge in [-0.05, 0) is 37.6 Å². The van der Waals surface area contributed by atoms with Crippen molar-refractivity contribution in [3.05, 3.63) is 96.2 Å². The van der Waals surface area contributed by atoms with Crippen molar-refractivity contribution in [3.8, 4) is 0 Å². The SMILES string of the molecule is CC(C)(OCc1nn(Cc2ccccc2)c2ccccc12)C(=O)NNc1ccccc1. The van der Waals surface area contributed by atoms with Crippen LogP contribution < -0.4 is 10.9 Å². The Labute approximate surface area is 181 Å². The zero-order valence-corrected chi connectivity index (χ0v) is 17.7. The molecule has 6 heteroatoms. The predicted octanol–water partition coefficient (Wildman–Crippen LogP) is 4.52. The van der Waals surface area contributed by atoms with Crippen molar-refractivity contribution in [1.29, 1.82) is 0 Å². The number of rotatable bonds is 8. The van der Waals surface area contributed by atoms with Gasteiger partial charge in [0.1, 0.15) is 5.60 Å². The first-order chi connectivity index (χ1) is 15.0. The van der Waals surface area contributed by atoms with Gasteiger partial charge in [-0.2, -0.15) is 5.10 Å². The van der Waals surface area contributed by atoms with Gasteiger partial charge in [-0.1, -0.05) is 66.7 Å². The Balaban J connectivity index is 1.46. The zero-order valence-electron chi connectivity index (χ0n) is 17.7. The number of carbonyl (C=O) groups excluding carboxylic acids is 1.